The van der Waals surface area contributed by atoms with Crippen molar-refractivity contribution >= 4 is 29.2 Å². The lowest BCUT2D eigenvalue weighted by Gasteiger charge is -2.39. The maximum Gasteiger partial charge on any atom is 0.322 e. The van der Waals surface area contributed by atoms with Crippen LogP contribution in [0.5, 0.6) is 0 Å². The highest BCUT2D eigenvalue weighted by molar-refractivity contribution is 7.11. The van der Waals surface area contributed by atoms with Gasteiger partial charge in [-0.25, -0.2) is 9.79 Å². The van der Waals surface area contributed by atoms with Crippen molar-refractivity contribution < 1.29 is 9.59 Å². The Bertz CT molecular complexity index is 723. The summed E-state index contributed by atoms with van der Waals surface area (Å²) < 4.78 is 0. The van der Waals surface area contributed by atoms with E-state index >= 15 is 0 Å². The van der Waals surface area contributed by atoms with Crippen LogP contribution in [0, 0.1) is 5.92 Å². The molecule has 3 N–H and O–H groups in total. The molecule has 0 aliphatic carbocycles. The Hall–Kier alpha value is -2.09. The van der Waals surface area contributed by atoms with E-state index in [2.05, 4.69) is 46.8 Å². The first kappa shape index (κ1) is 19.7. The minimum Gasteiger partial charge on any atom is -0.357 e. The summed E-state index contributed by atoms with van der Waals surface area (Å²) in [5.74, 6) is 0.843. The van der Waals surface area contributed by atoms with Crippen LogP contribution in [0.3, 0.4) is 0 Å². The smallest absolute Gasteiger partial charge is 0.322 e. The van der Waals surface area contributed by atoms with E-state index in [0.29, 0.717) is 6.54 Å². The molecule has 8 heteroatoms. The zero-order valence-electron chi connectivity index (χ0n) is 16.3. The van der Waals surface area contributed by atoms with E-state index in [1.54, 1.807) is 0 Å². The number of amides is 3. The fourth-order valence-corrected chi connectivity index (χ4v) is 4.67. The number of guanidine groups is 1. The van der Waals surface area contributed by atoms with Gasteiger partial charge in [-0.05, 0) is 51.2 Å². The van der Waals surface area contributed by atoms with Gasteiger partial charge in [0.1, 0.15) is 5.54 Å². The van der Waals surface area contributed by atoms with E-state index in [1.807, 2.05) is 18.3 Å². The zero-order chi connectivity index (χ0) is 19.4. The van der Waals surface area contributed by atoms with Gasteiger partial charge in [-0.1, -0.05) is 6.92 Å². The Morgan fingerprint density at radius 1 is 1.30 bits per heavy atom. The molecule has 1 unspecified atom stereocenters. The molecule has 2 fully saturated rings. The minimum absolute atomic E-state index is 0.132. The number of nitrogens with one attached hydrogen (secondary N) is 3. The van der Waals surface area contributed by atoms with Crippen LogP contribution in [0.2, 0.25) is 0 Å². The predicted molar refractivity (Wildman–Crippen MR) is 108 cm³/mol. The second-order valence-electron chi connectivity index (χ2n) is 7.26. The first-order valence-corrected chi connectivity index (χ1v) is 10.5. The predicted octanol–water partition coefficient (Wildman–Crippen LogP) is 2.09. The first-order chi connectivity index (χ1) is 13.0. The van der Waals surface area contributed by atoms with Crippen molar-refractivity contribution in [2.45, 2.75) is 52.1 Å². The van der Waals surface area contributed by atoms with Crippen molar-refractivity contribution in [1.29, 1.82) is 0 Å². The van der Waals surface area contributed by atoms with Gasteiger partial charge >= 0.3 is 6.03 Å². The molecule has 3 rings (SSSR count). The van der Waals surface area contributed by atoms with E-state index in [0.717, 1.165) is 44.9 Å². The number of nitrogens with zero attached hydrogens (tertiary/aromatic N) is 2. The molecule has 0 radical (unpaired) electrons. The SMILES string of the molecule is CCNC(=NCc1ccc(CC)s1)N1CCC(C2(C)NC(=O)NC2=O)CC1. The number of imide groups is 1. The van der Waals surface area contributed by atoms with Crippen LogP contribution in [0.15, 0.2) is 17.1 Å². The molecule has 148 valence electrons. The van der Waals surface area contributed by atoms with Crippen LogP contribution in [0.1, 0.15) is 43.4 Å². The summed E-state index contributed by atoms with van der Waals surface area (Å²) in [6, 6.07) is 3.95. The van der Waals surface area contributed by atoms with Crippen molar-refractivity contribution in [3.8, 4) is 0 Å². The number of likely N-dealkylation sites (tertiary alicyclic amines) is 1. The van der Waals surface area contributed by atoms with Crippen LogP contribution in [0.4, 0.5) is 4.79 Å². The molecule has 0 spiro atoms. The lowest BCUT2D eigenvalue weighted by Crippen LogP contribution is -2.55. The molecule has 2 aliphatic heterocycles. The van der Waals surface area contributed by atoms with Gasteiger partial charge < -0.3 is 15.5 Å². The normalized spacial score (nSPS) is 24.1. The van der Waals surface area contributed by atoms with Gasteiger partial charge in [-0.3, -0.25) is 10.1 Å². The lowest BCUT2D eigenvalue weighted by molar-refractivity contribution is -0.125. The Balaban J connectivity index is 1.62. The molecule has 3 amide bonds. The van der Waals surface area contributed by atoms with Crippen molar-refractivity contribution in [3.05, 3.63) is 21.9 Å². The zero-order valence-corrected chi connectivity index (χ0v) is 17.1. The van der Waals surface area contributed by atoms with Crippen molar-refractivity contribution in [2.24, 2.45) is 10.9 Å². The molecule has 1 atom stereocenters. The third-order valence-corrected chi connectivity index (χ3v) is 6.68. The summed E-state index contributed by atoms with van der Waals surface area (Å²) in [6.07, 6.45) is 2.74. The summed E-state index contributed by atoms with van der Waals surface area (Å²) in [5.41, 5.74) is -0.799. The fourth-order valence-electron chi connectivity index (χ4n) is 3.79. The van der Waals surface area contributed by atoms with Gasteiger partial charge in [0.2, 0.25) is 0 Å². The van der Waals surface area contributed by atoms with Crippen molar-refractivity contribution in [3.63, 3.8) is 0 Å². The summed E-state index contributed by atoms with van der Waals surface area (Å²) in [5, 5.41) is 8.56. The van der Waals surface area contributed by atoms with Gasteiger partial charge in [0.15, 0.2) is 5.96 Å². The van der Waals surface area contributed by atoms with Gasteiger partial charge in [0.05, 0.1) is 6.54 Å². The standard InChI is InChI=1S/C19H29N5O2S/c1-4-14-6-7-15(27-14)12-21-17(20-5-2)24-10-8-13(9-11-24)19(3)16(25)22-18(26)23-19/h6-7,13H,4-5,8-12H2,1-3H3,(H,20,21)(H2,22,23,25,26). The molecule has 0 saturated carbocycles. The Labute approximate surface area is 164 Å². The third-order valence-electron chi connectivity index (χ3n) is 5.47. The molecule has 7 nitrogen and oxygen atoms in total. The number of aliphatic imine (C=N–C) groups is 1. The number of carbonyl (C=O) groups excluding carboxylic acids is 2. The maximum atomic E-state index is 12.2. The number of thiophene rings is 1. The van der Waals surface area contributed by atoms with Gasteiger partial charge in [0.25, 0.3) is 5.91 Å². The van der Waals surface area contributed by atoms with Crippen LogP contribution >= 0.6 is 11.3 Å². The summed E-state index contributed by atoms with van der Waals surface area (Å²) in [4.78, 5) is 33.4. The van der Waals surface area contributed by atoms with E-state index < -0.39 is 5.54 Å². The van der Waals surface area contributed by atoms with Gasteiger partial charge in [-0.2, -0.15) is 0 Å². The second-order valence-corrected chi connectivity index (χ2v) is 8.52. The number of urea groups is 1. The average Bonchev–Trinajstić information content (AvgIpc) is 3.23. The van der Waals surface area contributed by atoms with E-state index in [1.165, 1.54) is 9.75 Å². The quantitative estimate of drug-likeness (QED) is 0.408. The first-order valence-electron chi connectivity index (χ1n) is 9.70. The topological polar surface area (TPSA) is 85.8 Å². The Kier molecular flexibility index (Phi) is 6.04. The number of piperidine rings is 1. The minimum atomic E-state index is -0.799. The molecule has 3 heterocycles. The number of hydrogen-bond acceptors (Lipinski definition) is 4. The van der Waals surface area contributed by atoms with Gasteiger partial charge in [0, 0.05) is 29.4 Å². The highest BCUT2D eigenvalue weighted by Crippen LogP contribution is 2.30. The van der Waals surface area contributed by atoms with Crippen molar-refractivity contribution in [1.82, 2.24) is 20.9 Å². The molecular formula is C19H29N5O2S. The highest BCUT2D eigenvalue weighted by atomic mass is 32.1. The third kappa shape index (κ3) is 4.26. The van der Waals surface area contributed by atoms with Crippen LogP contribution in [-0.4, -0.2) is 48.0 Å². The molecule has 2 aliphatic rings. The number of carbonyl (C=O) groups is 2. The molecular weight excluding hydrogens is 362 g/mol. The Morgan fingerprint density at radius 2 is 2.00 bits per heavy atom. The maximum absolute atomic E-state index is 12.2. The molecule has 1 aromatic rings. The molecule has 0 aromatic carbocycles. The highest BCUT2D eigenvalue weighted by Gasteiger charge is 2.48. The van der Waals surface area contributed by atoms with Gasteiger partial charge in [-0.15, -0.1) is 11.3 Å². The largest absolute Gasteiger partial charge is 0.357 e. The van der Waals surface area contributed by atoms with Crippen LogP contribution in [0.25, 0.3) is 0 Å². The average molecular weight is 392 g/mol. The second kappa shape index (κ2) is 8.29. The van der Waals surface area contributed by atoms with E-state index in [-0.39, 0.29) is 17.9 Å². The molecule has 1 aromatic heterocycles. The van der Waals surface area contributed by atoms with Crippen molar-refractivity contribution in [2.75, 3.05) is 19.6 Å². The van der Waals surface area contributed by atoms with Crippen LogP contribution in [-0.2, 0) is 17.8 Å². The monoisotopic (exact) mass is 391 g/mol. The number of rotatable bonds is 5. The van der Waals surface area contributed by atoms with E-state index in [9.17, 15) is 9.59 Å². The van der Waals surface area contributed by atoms with Crippen LogP contribution < -0.4 is 16.0 Å². The molecule has 2 saturated heterocycles. The Morgan fingerprint density at radius 3 is 2.56 bits per heavy atom. The fraction of sp³-hybridized carbons (Fsp3) is 0.632. The lowest BCUT2D eigenvalue weighted by atomic mass is 9.79. The molecule has 0 bridgehead atoms. The number of aryl methyl sites for hydroxylation is 1. The summed E-state index contributed by atoms with van der Waals surface area (Å²) >= 11 is 1.82. The summed E-state index contributed by atoms with van der Waals surface area (Å²) in [6.45, 7) is 9.21. The van der Waals surface area contributed by atoms with E-state index in [4.69, 9.17) is 4.99 Å². The number of hydrogen-bond donors (Lipinski definition) is 3. The molecule has 27 heavy (non-hydrogen) atoms. The summed E-state index contributed by atoms with van der Waals surface area (Å²) in [7, 11) is 0.